The summed E-state index contributed by atoms with van der Waals surface area (Å²) < 4.78 is 12.6. The van der Waals surface area contributed by atoms with Crippen molar-refractivity contribution < 1.29 is 14.6 Å². The number of ether oxygens (including phenoxy) is 2. The highest BCUT2D eigenvalue weighted by molar-refractivity contribution is 5.77. The molecule has 2 unspecified atom stereocenters. The number of nitrogens with zero attached hydrogens (tertiary/aromatic N) is 4. The number of nitrogen functional groups attached to an aromatic ring is 1. The van der Waals surface area contributed by atoms with Crippen LogP contribution in [0.25, 0.3) is 11.2 Å². The van der Waals surface area contributed by atoms with Gasteiger partial charge in [0.15, 0.2) is 11.2 Å². The van der Waals surface area contributed by atoms with Crippen molar-refractivity contribution in [3.05, 3.63) is 6.33 Å². The van der Waals surface area contributed by atoms with Gasteiger partial charge in [0.2, 0.25) is 11.8 Å². The molecular formula is C14H25N5O3. The van der Waals surface area contributed by atoms with Crippen LogP contribution >= 0.6 is 0 Å². The van der Waals surface area contributed by atoms with E-state index in [1.807, 2.05) is 27.7 Å². The van der Waals surface area contributed by atoms with E-state index in [0.29, 0.717) is 23.5 Å². The van der Waals surface area contributed by atoms with Crippen LogP contribution in [-0.2, 0) is 4.74 Å². The van der Waals surface area contributed by atoms with Crippen LogP contribution in [0.3, 0.4) is 0 Å². The minimum absolute atomic E-state index is 0.0338. The maximum atomic E-state index is 9.20. The van der Waals surface area contributed by atoms with Crippen LogP contribution in [0.5, 0.6) is 5.88 Å². The summed E-state index contributed by atoms with van der Waals surface area (Å²) in [5.41, 5.74) is 6.72. The first-order valence-electron chi connectivity index (χ1n) is 7.41. The summed E-state index contributed by atoms with van der Waals surface area (Å²) in [5, 5.41) is 9.20. The Morgan fingerprint density at radius 3 is 2.59 bits per heavy atom. The predicted octanol–water partition coefficient (Wildman–Crippen LogP) is 1.75. The molecule has 0 spiro atoms. The summed E-state index contributed by atoms with van der Waals surface area (Å²) in [6, 6.07) is 0. The van der Waals surface area contributed by atoms with Gasteiger partial charge in [-0.1, -0.05) is 20.8 Å². The Bertz CT molecular complexity index is 583. The summed E-state index contributed by atoms with van der Waals surface area (Å²) in [6.45, 7) is 7.76. The van der Waals surface area contributed by atoms with Crippen molar-refractivity contribution in [2.75, 3.05) is 19.5 Å². The van der Waals surface area contributed by atoms with Gasteiger partial charge in [0.05, 0.1) is 26.1 Å². The molecule has 3 N–H and O–H groups in total. The molecule has 8 nitrogen and oxygen atoms in total. The van der Waals surface area contributed by atoms with Gasteiger partial charge in [0.25, 0.3) is 0 Å². The molecule has 0 radical (unpaired) electrons. The predicted molar refractivity (Wildman–Crippen MR) is 84.6 cm³/mol. The van der Waals surface area contributed by atoms with Crippen molar-refractivity contribution in [2.45, 2.75) is 46.4 Å². The maximum absolute atomic E-state index is 9.20. The van der Waals surface area contributed by atoms with Gasteiger partial charge in [0, 0.05) is 0 Å². The SMILES string of the molecule is CC.CCC(CO)OC(C)n1cnc2c(OC)nc(N)nc21. The third-order valence-corrected chi connectivity index (χ3v) is 3.04. The van der Waals surface area contributed by atoms with Gasteiger partial charge in [-0.15, -0.1) is 0 Å². The van der Waals surface area contributed by atoms with Crippen LogP contribution in [0.15, 0.2) is 6.33 Å². The average molecular weight is 311 g/mol. The molecule has 2 rings (SSSR count). The summed E-state index contributed by atoms with van der Waals surface area (Å²) in [6.07, 6.45) is 1.74. The Kier molecular flexibility index (Phi) is 7.00. The second-order valence-corrected chi connectivity index (χ2v) is 4.36. The van der Waals surface area contributed by atoms with Gasteiger partial charge in [-0.05, 0) is 13.3 Å². The lowest BCUT2D eigenvalue weighted by atomic mass is 10.3. The number of aromatic nitrogens is 4. The third-order valence-electron chi connectivity index (χ3n) is 3.04. The van der Waals surface area contributed by atoms with E-state index in [1.165, 1.54) is 7.11 Å². The Hall–Kier alpha value is -1.93. The van der Waals surface area contributed by atoms with Crippen LogP contribution in [0.2, 0.25) is 0 Å². The smallest absolute Gasteiger partial charge is 0.246 e. The summed E-state index contributed by atoms with van der Waals surface area (Å²) in [4.78, 5) is 12.4. The fourth-order valence-electron chi connectivity index (χ4n) is 1.93. The molecule has 0 saturated carbocycles. The third kappa shape index (κ3) is 3.83. The molecule has 22 heavy (non-hydrogen) atoms. The second-order valence-electron chi connectivity index (χ2n) is 4.36. The fraction of sp³-hybridized carbons (Fsp3) is 0.643. The molecule has 0 amide bonds. The largest absolute Gasteiger partial charge is 0.479 e. The number of fused-ring (bicyclic) bond motifs is 1. The van der Waals surface area contributed by atoms with Crippen LogP contribution in [-0.4, -0.2) is 44.4 Å². The molecule has 2 heterocycles. The first kappa shape index (κ1) is 18.1. The number of anilines is 1. The number of aliphatic hydroxyl groups is 1. The Morgan fingerprint density at radius 1 is 1.36 bits per heavy atom. The summed E-state index contributed by atoms with van der Waals surface area (Å²) in [5.74, 6) is 0.435. The van der Waals surface area contributed by atoms with Gasteiger partial charge in [-0.2, -0.15) is 9.97 Å². The quantitative estimate of drug-likeness (QED) is 0.836. The summed E-state index contributed by atoms with van der Waals surface area (Å²) >= 11 is 0. The number of nitrogens with two attached hydrogens (primary N) is 1. The van der Waals surface area contributed by atoms with E-state index in [1.54, 1.807) is 10.9 Å². The Labute approximate surface area is 130 Å². The van der Waals surface area contributed by atoms with Crippen LogP contribution in [0.4, 0.5) is 5.95 Å². The molecule has 2 aromatic rings. The normalized spacial score (nSPS) is 13.4. The highest BCUT2D eigenvalue weighted by atomic mass is 16.5. The Morgan fingerprint density at radius 2 is 2.05 bits per heavy atom. The standard InChI is InChI=1S/C12H19N5O3.C2H6/c1-4-8(5-18)20-7(2)17-6-14-9-10(17)15-12(13)16-11(9)19-3;1-2/h6-8,18H,4-5H2,1-3H3,(H2,13,15,16);1-2H3. The minimum Gasteiger partial charge on any atom is -0.479 e. The number of hydrogen-bond donors (Lipinski definition) is 2. The lowest BCUT2D eigenvalue weighted by Crippen LogP contribution is -2.21. The summed E-state index contributed by atoms with van der Waals surface area (Å²) in [7, 11) is 1.50. The minimum atomic E-state index is -0.337. The van der Waals surface area contributed by atoms with Crippen molar-refractivity contribution in [3.8, 4) is 5.88 Å². The molecule has 0 bridgehead atoms. The number of hydrogen-bond acceptors (Lipinski definition) is 7. The molecule has 0 fully saturated rings. The van der Waals surface area contributed by atoms with E-state index in [0.717, 1.165) is 0 Å². The lowest BCUT2D eigenvalue weighted by molar-refractivity contribution is -0.0647. The van der Waals surface area contributed by atoms with Gasteiger partial charge >= 0.3 is 0 Å². The van der Waals surface area contributed by atoms with E-state index in [4.69, 9.17) is 15.2 Å². The van der Waals surface area contributed by atoms with Gasteiger partial charge in [-0.3, -0.25) is 4.57 Å². The van der Waals surface area contributed by atoms with E-state index < -0.39 is 0 Å². The average Bonchev–Trinajstić information content (AvgIpc) is 2.97. The number of imidazole rings is 1. The van der Waals surface area contributed by atoms with Gasteiger partial charge < -0.3 is 20.3 Å². The van der Waals surface area contributed by atoms with E-state index >= 15 is 0 Å². The zero-order chi connectivity index (χ0) is 16.7. The molecule has 2 aromatic heterocycles. The lowest BCUT2D eigenvalue weighted by Gasteiger charge is -2.20. The first-order valence-corrected chi connectivity index (χ1v) is 7.41. The zero-order valence-electron chi connectivity index (χ0n) is 13.8. The highest BCUT2D eigenvalue weighted by Gasteiger charge is 2.18. The van der Waals surface area contributed by atoms with Crippen molar-refractivity contribution >= 4 is 17.1 Å². The van der Waals surface area contributed by atoms with Crippen molar-refractivity contribution in [2.24, 2.45) is 0 Å². The van der Waals surface area contributed by atoms with Gasteiger partial charge in [0.1, 0.15) is 6.23 Å². The molecule has 0 aliphatic carbocycles. The van der Waals surface area contributed by atoms with Crippen molar-refractivity contribution in [1.29, 1.82) is 0 Å². The highest BCUT2D eigenvalue weighted by Crippen LogP contribution is 2.24. The monoisotopic (exact) mass is 311 g/mol. The topological polar surface area (TPSA) is 108 Å². The molecule has 2 atom stereocenters. The number of aliphatic hydroxyl groups excluding tert-OH is 1. The van der Waals surface area contributed by atoms with Crippen LogP contribution < -0.4 is 10.5 Å². The first-order chi connectivity index (χ1) is 10.6. The molecule has 124 valence electrons. The van der Waals surface area contributed by atoms with Gasteiger partial charge in [-0.25, -0.2) is 4.98 Å². The molecule has 0 aliphatic heterocycles. The maximum Gasteiger partial charge on any atom is 0.246 e. The fourth-order valence-corrected chi connectivity index (χ4v) is 1.93. The van der Waals surface area contributed by atoms with Crippen LogP contribution in [0, 0.1) is 0 Å². The second kappa shape index (κ2) is 8.50. The van der Waals surface area contributed by atoms with Crippen LogP contribution in [0.1, 0.15) is 40.3 Å². The molecule has 0 saturated heterocycles. The molecule has 0 aliphatic rings. The molecular weight excluding hydrogens is 286 g/mol. The number of rotatable bonds is 6. The molecule has 0 aromatic carbocycles. The van der Waals surface area contributed by atoms with E-state index in [2.05, 4.69) is 15.0 Å². The number of methoxy groups -OCH3 is 1. The molecule has 8 heteroatoms. The van der Waals surface area contributed by atoms with E-state index in [9.17, 15) is 5.11 Å². The van der Waals surface area contributed by atoms with E-state index in [-0.39, 0.29) is 24.9 Å². The van der Waals surface area contributed by atoms with Crippen molar-refractivity contribution in [3.63, 3.8) is 0 Å². The zero-order valence-corrected chi connectivity index (χ0v) is 13.8. The Balaban J connectivity index is 0.00000116. The van der Waals surface area contributed by atoms with Crippen molar-refractivity contribution in [1.82, 2.24) is 19.5 Å².